The lowest BCUT2D eigenvalue weighted by molar-refractivity contribution is 0.574. The van der Waals surface area contributed by atoms with Gasteiger partial charge < -0.3 is 11.1 Å². The fourth-order valence-electron chi connectivity index (χ4n) is 1.49. The topological polar surface area (TPSA) is 50.9 Å². The molecule has 0 atom stereocenters. The largest absolute Gasteiger partial charge is 0.398 e. The van der Waals surface area contributed by atoms with Crippen molar-refractivity contribution in [2.45, 2.75) is 13.5 Å². The van der Waals surface area contributed by atoms with Gasteiger partial charge in [0.1, 0.15) is 17.5 Å². The maximum Gasteiger partial charge on any atom is 0.131 e. The molecule has 2 rings (SSSR count). The molecule has 18 heavy (non-hydrogen) atoms. The smallest absolute Gasteiger partial charge is 0.131 e. The van der Waals surface area contributed by atoms with E-state index in [1.54, 1.807) is 12.3 Å². The molecule has 0 unspecified atom stereocenters. The monoisotopic (exact) mass is 249 g/mol. The van der Waals surface area contributed by atoms with Gasteiger partial charge in [0.2, 0.25) is 0 Å². The first-order chi connectivity index (χ1) is 8.56. The molecular formula is C13H13F2N3. The molecule has 0 saturated heterocycles. The summed E-state index contributed by atoms with van der Waals surface area (Å²) in [6.45, 7) is 2.08. The number of anilines is 2. The SMILES string of the molecule is Cc1cnc(NCc2ccc(F)cc2F)cc1N. The number of benzene rings is 1. The van der Waals surface area contributed by atoms with Crippen LogP contribution in [-0.2, 0) is 6.54 Å². The summed E-state index contributed by atoms with van der Waals surface area (Å²) < 4.78 is 26.1. The minimum absolute atomic E-state index is 0.224. The molecule has 94 valence electrons. The summed E-state index contributed by atoms with van der Waals surface area (Å²) in [4.78, 5) is 4.11. The lowest BCUT2D eigenvalue weighted by Crippen LogP contribution is -2.04. The maximum absolute atomic E-state index is 13.4. The molecule has 1 aromatic heterocycles. The lowest BCUT2D eigenvalue weighted by Gasteiger charge is -2.08. The molecule has 0 aliphatic heterocycles. The molecule has 3 nitrogen and oxygen atoms in total. The third-order valence-electron chi connectivity index (χ3n) is 2.62. The van der Waals surface area contributed by atoms with Crippen LogP contribution in [0.1, 0.15) is 11.1 Å². The van der Waals surface area contributed by atoms with Crippen molar-refractivity contribution < 1.29 is 8.78 Å². The van der Waals surface area contributed by atoms with Crippen LogP contribution < -0.4 is 11.1 Å². The first-order valence-electron chi connectivity index (χ1n) is 5.46. The van der Waals surface area contributed by atoms with Crippen LogP contribution in [0.15, 0.2) is 30.5 Å². The number of hydrogen-bond donors (Lipinski definition) is 2. The second kappa shape index (κ2) is 5.00. The summed E-state index contributed by atoms with van der Waals surface area (Å²) >= 11 is 0. The van der Waals surface area contributed by atoms with E-state index < -0.39 is 11.6 Å². The van der Waals surface area contributed by atoms with E-state index >= 15 is 0 Å². The molecule has 0 amide bonds. The third kappa shape index (κ3) is 2.74. The number of hydrogen-bond acceptors (Lipinski definition) is 3. The highest BCUT2D eigenvalue weighted by molar-refractivity contribution is 5.53. The molecule has 1 heterocycles. The first kappa shape index (κ1) is 12.3. The van der Waals surface area contributed by atoms with Crippen molar-refractivity contribution >= 4 is 11.5 Å². The van der Waals surface area contributed by atoms with Crippen molar-refractivity contribution in [3.63, 3.8) is 0 Å². The van der Waals surface area contributed by atoms with E-state index in [9.17, 15) is 8.78 Å². The van der Waals surface area contributed by atoms with Crippen LogP contribution in [0.4, 0.5) is 20.3 Å². The Labute approximate surface area is 104 Å². The molecule has 0 radical (unpaired) electrons. The van der Waals surface area contributed by atoms with Crippen molar-refractivity contribution in [1.29, 1.82) is 0 Å². The van der Waals surface area contributed by atoms with Crippen LogP contribution in [0.5, 0.6) is 0 Å². The van der Waals surface area contributed by atoms with Gasteiger partial charge in [0, 0.05) is 36.1 Å². The van der Waals surface area contributed by atoms with Gasteiger partial charge in [-0.05, 0) is 18.6 Å². The Bertz CT molecular complexity index is 570. The number of nitrogens with two attached hydrogens (primary N) is 1. The number of pyridine rings is 1. The highest BCUT2D eigenvalue weighted by Gasteiger charge is 2.04. The zero-order chi connectivity index (χ0) is 13.1. The van der Waals surface area contributed by atoms with E-state index in [1.165, 1.54) is 12.1 Å². The van der Waals surface area contributed by atoms with Gasteiger partial charge >= 0.3 is 0 Å². The zero-order valence-corrected chi connectivity index (χ0v) is 9.87. The van der Waals surface area contributed by atoms with Crippen molar-refractivity contribution in [3.8, 4) is 0 Å². The van der Waals surface area contributed by atoms with Crippen LogP contribution in [0, 0.1) is 18.6 Å². The quantitative estimate of drug-likeness (QED) is 0.879. The van der Waals surface area contributed by atoms with Crippen LogP contribution in [0.2, 0.25) is 0 Å². The maximum atomic E-state index is 13.4. The number of nitrogens with zero attached hydrogens (tertiary/aromatic N) is 1. The minimum atomic E-state index is -0.589. The van der Waals surface area contributed by atoms with Crippen molar-refractivity contribution in [2.75, 3.05) is 11.1 Å². The highest BCUT2D eigenvalue weighted by Crippen LogP contribution is 2.15. The molecule has 0 saturated carbocycles. The normalized spacial score (nSPS) is 10.4. The Morgan fingerprint density at radius 2 is 2.06 bits per heavy atom. The Hall–Kier alpha value is -2.17. The van der Waals surface area contributed by atoms with Crippen LogP contribution in [0.3, 0.4) is 0 Å². The second-order valence-corrected chi connectivity index (χ2v) is 4.02. The van der Waals surface area contributed by atoms with E-state index in [2.05, 4.69) is 10.3 Å². The van der Waals surface area contributed by atoms with E-state index in [0.29, 0.717) is 17.1 Å². The molecule has 1 aromatic carbocycles. The predicted molar refractivity (Wildman–Crippen MR) is 67.1 cm³/mol. The molecular weight excluding hydrogens is 236 g/mol. The number of rotatable bonds is 3. The van der Waals surface area contributed by atoms with Gasteiger partial charge in [-0.2, -0.15) is 0 Å². The van der Waals surface area contributed by atoms with Crippen LogP contribution in [-0.4, -0.2) is 4.98 Å². The third-order valence-corrected chi connectivity index (χ3v) is 2.62. The van der Waals surface area contributed by atoms with Gasteiger partial charge in [0.05, 0.1) is 0 Å². The molecule has 0 fully saturated rings. The summed E-state index contributed by atoms with van der Waals surface area (Å²) in [5.41, 5.74) is 7.61. The van der Waals surface area contributed by atoms with Crippen molar-refractivity contribution in [3.05, 3.63) is 53.2 Å². The molecule has 0 bridgehead atoms. The highest BCUT2D eigenvalue weighted by atomic mass is 19.1. The van der Waals surface area contributed by atoms with Gasteiger partial charge in [-0.3, -0.25) is 0 Å². The van der Waals surface area contributed by atoms with Gasteiger partial charge in [-0.15, -0.1) is 0 Å². The van der Waals surface area contributed by atoms with E-state index in [-0.39, 0.29) is 6.54 Å². The summed E-state index contributed by atoms with van der Waals surface area (Å²) in [7, 11) is 0. The predicted octanol–water partition coefficient (Wildman–Crippen LogP) is 2.86. The summed E-state index contributed by atoms with van der Waals surface area (Å²) in [6.07, 6.45) is 1.64. The fraction of sp³-hybridized carbons (Fsp3) is 0.154. The fourth-order valence-corrected chi connectivity index (χ4v) is 1.49. The van der Waals surface area contributed by atoms with Crippen LogP contribution in [0.25, 0.3) is 0 Å². The molecule has 0 spiro atoms. The number of nitrogens with one attached hydrogen (secondary N) is 1. The van der Waals surface area contributed by atoms with E-state index in [1.807, 2.05) is 6.92 Å². The minimum Gasteiger partial charge on any atom is -0.398 e. The lowest BCUT2D eigenvalue weighted by atomic mass is 10.2. The standard InChI is InChI=1S/C13H13F2N3/c1-8-6-17-13(5-12(8)16)18-7-9-2-3-10(14)4-11(9)15/h2-6H,7H2,1H3,(H3,16,17,18). The van der Waals surface area contributed by atoms with Crippen molar-refractivity contribution in [1.82, 2.24) is 4.98 Å². The van der Waals surface area contributed by atoms with Crippen LogP contribution >= 0.6 is 0 Å². The first-order valence-corrected chi connectivity index (χ1v) is 5.46. The summed E-state index contributed by atoms with van der Waals surface area (Å²) in [5, 5.41) is 2.94. The number of halogens is 2. The van der Waals surface area contributed by atoms with Gasteiger partial charge in [0.25, 0.3) is 0 Å². The molecule has 3 N–H and O–H groups in total. The Balaban J connectivity index is 2.09. The number of aromatic nitrogens is 1. The van der Waals surface area contributed by atoms with Gasteiger partial charge in [-0.25, -0.2) is 13.8 Å². The summed E-state index contributed by atoms with van der Waals surface area (Å²) in [5.74, 6) is -0.613. The Kier molecular flexibility index (Phi) is 3.41. The molecule has 0 aliphatic carbocycles. The Morgan fingerprint density at radius 1 is 1.28 bits per heavy atom. The molecule has 2 aromatic rings. The number of nitrogen functional groups attached to an aromatic ring is 1. The Morgan fingerprint density at radius 3 is 2.72 bits per heavy atom. The summed E-state index contributed by atoms with van der Waals surface area (Å²) in [6, 6.07) is 5.15. The van der Waals surface area contributed by atoms with Gasteiger partial charge in [0.15, 0.2) is 0 Å². The second-order valence-electron chi connectivity index (χ2n) is 4.02. The van der Waals surface area contributed by atoms with E-state index in [0.717, 1.165) is 11.6 Å². The number of aryl methyl sites for hydroxylation is 1. The van der Waals surface area contributed by atoms with E-state index in [4.69, 9.17) is 5.73 Å². The van der Waals surface area contributed by atoms with Crippen molar-refractivity contribution in [2.24, 2.45) is 0 Å². The molecule has 0 aliphatic rings. The van der Waals surface area contributed by atoms with Gasteiger partial charge in [-0.1, -0.05) is 6.07 Å². The molecule has 5 heteroatoms. The zero-order valence-electron chi connectivity index (χ0n) is 9.87. The average molecular weight is 249 g/mol. The average Bonchev–Trinajstić information content (AvgIpc) is 2.32.